The van der Waals surface area contributed by atoms with Crippen LogP contribution in [0.1, 0.15) is 116 Å². The monoisotopic (exact) mass is 2830 g/mol. The van der Waals surface area contributed by atoms with E-state index in [4.69, 9.17) is 30.5 Å². The number of hydrogen-bond acceptors (Lipinski definition) is 15. The largest absolute Gasteiger partial charge is 0.512 e. The van der Waals surface area contributed by atoms with Crippen molar-refractivity contribution in [2.75, 3.05) is 0 Å². The van der Waals surface area contributed by atoms with Crippen LogP contribution in [0.2, 0.25) is 0 Å². The van der Waals surface area contributed by atoms with Crippen molar-refractivity contribution < 1.29 is 150 Å². The van der Waals surface area contributed by atoms with Crippen LogP contribution in [0, 0.1) is 30.3 Å². The molecular weight excluding hydrogens is 2730 g/mol. The summed E-state index contributed by atoms with van der Waals surface area (Å²) in [6.07, 6.45) is 15.5. The Morgan fingerprint density at radius 3 is 1.03 bits per heavy atom. The number of fused-ring (bicyclic) bond motifs is 21. The number of carbonyl (C=O) groups excluding carboxylic acids is 4. The van der Waals surface area contributed by atoms with Crippen molar-refractivity contribution in [3.63, 3.8) is 0 Å². The number of pyridine rings is 6. The van der Waals surface area contributed by atoms with Crippen LogP contribution in [0.15, 0.2) is 394 Å². The zero-order valence-electron chi connectivity index (χ0n) is 82.1. The van der Waals surface area contributed by atoms with Gasteiger partial charge in [-0.1, -0.05) is 183 Å². The van der Waals surface area contributed by atoms with Gasteiger partial charge in [0.1, 0.15) is 34.1 Å². The zero-order valence-corrected chi connectivity index (χ0v) is 94.1. The number of para-hydroxylation sites is 10. The molecule has 21 nitrogen and oxygen atoms in total. The summed E-state index contributed by atoms with van der Waals surface area (Å²) in [7, 11) is 0. The molecule has 0 saturated heterocycles. The molecule has 751 valence electrons. The molecule has 0 atom stereocenters. The Bertz CT molecular complexity index is 7950. The number of carboxylic acid groups (broad SMARTS) is 1. The maximum Gasteiger partial charge on any atom is 0.354 e. The molecule has 26 heteroatoms. The van der Waals surface area contributed by atoms with E-state index in [0.717, 1.165) is 56.7 Å². The summed E-state index contributed by atoms with van der Waals surface area (Å²) < 4.78 is 11.1. The van der Waals surface area contributed by atoms with Crippen molar-refractivity contribution in [1.29, 1.82) is 0 Å². The maximum atomic E-state index is 10.1. The van der Waals surface area contributed by atoms with E-state index < -0.39 is 5.97 Å². The average Bonchev–Trinajstić information content (AvgIpc) is 1.55. The number of benzene rings is 11. The van der Waals surface area contributed by atoms with E-state index in [9.17, 15) is 24.0 Å². The second-order valence-electron chi connectivity index (χ2n) is 34.6. The predicted molar refractivity (Wildman–Crippen MR) is 568 cm³/mol. The Hall–Kier alpha value is -14.9. The fraction of sp³-hybridized carbons (Fsp3) is 0.116. The Morgan fingerprint density at radius 1 is 0.279 bits per heavy atom. The minimum atomic E-state index is -0.990. The van der Waals surface area contributed by atoms with Crippen molar-refractivity contribution in [2.24, 2.45) is 0 Å². The van der Waals surface area contributed by atoms with Gasteiger partial charge in [-0.2, -0.15) is 121 Å². The van der Waals surface area contributed by atoms with Crippen LogP contribution in [0.25, 0.3) is 149 Å². The molecule has 11 aromatic heterocycles. The predicted octanol–water partition coefficient (Wildman–Crippen LogP) is 27.2. The maximum absolute atomic E-state index is 10.1. The van der Waals surface area contributed by atoms with Crippen LogP contribution in [0.4, 0.5) is 0 Å². The molecule has 11 aromatic carbocycles. The molecule has 13 heterocycles. The summed E-state index contributed by atoms with van der Waals surface area (Å²) in [6, 6.07) is 122. The number of hydrogen-bond donors (Lipinski definition) is 5. The van der Waals surface area contributed by atoms with Gasteiger partial charge in [0.25, 0.3) is 0 Å². The molecule has 2 aliphatic heterocycles. The molecule has 0 unspecified atom stereocenters. The van der Waals surface area contributed by atoms with E-state index in [1.54, 1.807) is 12.1 Å². The molecule has 5 N–H and O–H groups in total. The summed E-state index contributed by atoms with van der Waals surface area (Å²) in [5, 5.41) is 56.5. The number of ketones is 4. The van der Waals surface area contributed by atoms with E-state index in [-0.39, 0.29) is 163 Å². The van der Waals surface area contributed by atoms with Gasteiger partial charge in [0.05, 0.1) is 45.1 Å². The SMILES string of the molecule is CC(=O)C=C(C)O.CC(=O)C=C(C)O.CC(=O)C=C(C)O.CC(=O)C=C(C)O.CC1(C)c2ccc[c-]c2-n2c3ncc4ccccc4c3c3cccc1c32.CC1(C)c2ccc[c-]c2-n2c3ncccc3c3cccc1c32.O=C(O)c1ccccn1.[Ir].[Ir].[Ir].[Ir].[Ir].[c-]1cccc2c3ccccc3n(-c3ccccn3)c12.[c-]1ccccc1-n1c2ccccc2c2cccnc21.[c-]1ccccc1-n1c2ccccc2c2cccnc21. The topological polar surface area (TPSA) is 288 Å². The van der Waals surface area contributed by atoms with Crippen LogP contribution < -0.4 is 0 Å². The van der Waals surface area contributed by atoms with Gasteiger partial charge in [0.15, 0.2) is 23.1 Å². The number of nitrogens with zero attached hydrogens (tertiary/aromatic N) is 11. The first-order chi connectivity index (χ1) is 68.5. The number of aliphatic hydroxyl groups is 4. The van der Waals surface area contributed by atoms with Gasteiger partial charge in [-0.3, -0.25) is 19.2 Å². The first kappa shape index (κ1) is 114. The van der Waals surface area contributed by atoms with Crippen LogP contribution in [0.3, 0.4) is 0 Å². The molecular formula is C121H102Ir5N11O10-5. The summed E-state index contributed by atoms with van der Waals surface area (Å²) >= 11 is 0. The minimum absolute atomic E-state index is 0. The van der Waals surface area contributed by atoms with Crippen LogP contribution >= 0.6 is 0 Å². The quantitative estimate of drug-likeness (QED) is 0.0537. The van der Waals surface area contributed by atoms with Crippen molar-refractivity contribution in [2.45, 2.75) is 93.9 Å². The zero-order chi connectivity index (χ0) is 100. The number of aliphatic hydroxyl groups excluding tert-OH is 4. The molecule has 147 heavy (non-hydrogen) atoms. The Kier molecular flexibility index (Phi) is 40.2. The third-order valence-corrected chi connectivity index (χ3v) is 23.5. The van der Waals surface area contributed by atoms with Gasteiger partial charge in [-0.05, 0) is 167 Å². The molecule has 0 fully saturated rings. The summed E-state index contributed by atoms with van der Waals surface area (Å²) in [4.78, 5) is 76.9. The molecule has 2 aliphatic rings. The fourth-order valence-corrected chi connectivity index (χ4v) is 17.9. The number of rotatable bonds is 8. The summed E-state index contributed by atoms with van der Waals surface area (Å²) in [6.45, 7) is 20.6. The molecule has 24 rings (SSSR count). The molecule has 0 bridgehead atoms. The van der Waals surface area contributed by atoms with E-state index in [1.165, 1.54) is 206 Å². The molecule has 0 saturated carbocycles. The van der Waals surface area contributed by atoms with E-state index in [2.05, 4.69) is 300 Å². The van der Waals surface area contributed by atoms with Gasteiger partial charge in [0, 0.05) is 216 Å². The van der Waals surface area contributed by atoms with Crippen LogP contribution in [-0.2, 0) is 131 Å². The molecule has 0 aliphatic carbocycles. The van der Waals surface area contributed by atoms with Gasteiger partial charge >= 0.3 is 5.97 Å². The fourth-order valence-electron chi connectivity index (χ4n) is 17.9. The minimum Gasteiger partial charge on any atom is -0.512 e. The van der Waals surface area contributed by atoms with Gasteiger partial charge in [-0.15, -0.1) is 28.6 Å². The second-order valence-corrected chi connectivity index (χ2v) is 34.6. The summed E-state index contributed by atoms with van der Waals surface area (Å²) in [5.41, 5.74) is 20.7. The van der Waals surface area contributed by atoms with Crippen LogP contribution in [-0.4, -0.2) is 107 Å². The molecule has 5 radical (unpaired) electrons. The van der Waals surface area contributed by atoms with E-state index in [0.29, 0.717) is 0 Å². The number of carboxylic acids is 1. The third-order valence-electron chi connectivity index (χ3n) is 23.5. The first-order valence-electron chi connectivity index (χ1n) is 45.9. The van der Waals surface area contributed by atoms with Crippen molar-refractivity contribution >= 4 is 149 Å². The summed E-state index contributed by atoms with van der Waals surface area (Å²) in [5.74, 6) is -0.313. The van der Waals surface area contributed by atoms with Crippen molar-refractivity contribution in [3.05, 3.63) is 452 Å². The number of allylic oxidation sites excluding steroid dienone is 8. The number of aromatic nitrogens is 11. The smallest absolute Gasteiger partial charge is 0.354 e. The Balaban J connectivity index is 0.000000173. The number of aromatic carboxylic acids is 1. The molecule has 22 aromatic rings. The van der Waals surface area contributed by atoms with E-state index >= 15 is 0 Å². The second kappa shape index (κ2) is 51.8. The van der Waals surface area contributed by atoms with Gasteiger partial charge in [-0.25, -0.2) is 34.7 Å². The van der Waals surface area contributed by atoms with Gasteiger partial charge in [0.2, 0.25) is 0 Å². The van der Waals surface area contributed by atoms with Crippen molar-refractivity contribution in [3.8, 4) is 28.6 Å². The Labute approximate surface area is 918 Å². The van der Waals surface area contributed by atoms with E-state index in [1.807, 2.05) is 128 Å². The number of carbonyl (C=O) groups is 5. The molecule has 0 amide bonds. The normalized spacial score (nSPS) is 11.9. The van der Waals surface area contributed by atoms with Crippen molar-refractivity contribution in [1.82, 2.24) is 52.7 Å². The molecule has 0 spiro atoms. The Morgan fingerprint density at radius 2 is 0.619 bits per heavy atom. The van der Waals surface area contributed by atoms with Crippen LogP contribution in [0.5, 0.6) is 0 Å². The van der Waals surface area contributed by atoms with Gasteiger partial charge < -0.3 is 48.4 Å². The third kappa shape index (κ3) is 25.6. The first-order valence-corrected chi connectivity index (χ1v) is 45.9. The standard InChI is InChI=1S/C24H17N2.C20H15N2.3C17H11N2.C6H5NO2.4C5H8O2.5Ir/c1-24(2)18-11-5-6-13-20(18)26-22-17(10-7-12-19(22)24)21-16-9-4-3-8-15(16)14-25-23(21)26;1-20(2)15-9-3-4-11-17(15)22-18-13(7-5-10-16(18)20)14-8-6-12-21-19(14)22;1-3-9-15-13(7-1)14-8-2-4-10-16(14)19(15)17-11-5-6-12-18-17;2*1-2-7-13(8-3-1)19-16-11-5-4-9-14(16)15-10-6-12-18-17(15)19;8-6(9)5-3-1-2-4-7-5;4*1-4(6)3-5(2)7;;;;;/h3-12,14H,1-2H3;3-10,12H,1-2H3;1-9,11-12H;2*1-7,9-12H;1-4H,(H,8,9);4*3,6H,1-2H3;;;;;/q5*-1;;;;;;;;;;. The average molecular weight is 2830 g/mol.